The number of benzene rings is 2. The second-order valence-corrected chi connectivity index (χ2v) is 24.1. The molecule has 2 aromatic carbocycles. The number of ether oxygens (including phenoxy) is 2. The van der Waals surface area contributed by atoms with Crippen molar-refractivity contribution in [3.05, 3.63) is 82.3 Å². The maximum absolute atomic E-state index is 14.8. The van der Waals surface area contributed by atoms with Gasteiger partial charge in [0, 0.05) is 58.2 Å². The summed E-state index contributed by atoms with van der Waals surface area (Å²) < 4.78 is 12.2. The first-order valence-corrected chi connectivity index (χ1v) is 30.2. The number of likely N-dealkylation sites (N-methyl/N-ethyl adjacent to an activating group) is 2. The van der Waals surface area contributed by atoms with E-state index in [1.807, 2.05) is 127 Å². The van der Waals surface area contributed by atoms with Gasteiger partial charge in [-0.2, -0.15) is 0 Å². The highest BCUT2D eigenvalue weighted by atomic mass is 32.1. The van der Waals surface area contributed by atoms with E-state index in [1.165, 1.54) is 11.3 Å². The minimum absolute atomic E-state index is 0.00949. The number of rotatable bonds is 34. The molecule has 1 aliphatic rings. The maximum Gasteiger partial charge on any atom is 0.312 e. The molecule has 1 fully saturated rings. The largest absolute Gasteiger partial charge is 0.379 e. The van der Waals surface area contributed by atoms with Crippen LogP contribution in [-0.2, 0) is 51.1 Å². The number of nitrogens with two attached hydrogens (primary N) is 2. The predicted octanol–water partition coefficient (Wildman–Crippen LogP) is 6.05. The van der Waals surface area contributed by atoms with E-state index in [1.54, 1.807) is 44.5 Å². The Bertz CT molecular complexity index is 2470. The number of likely N-dealkylation sites (tertiary alicyclic amines) is 1. The standard InChI is InChI=1S/C61H97N11O9S/c1-14-40(8)53(48(80-12)36-49(73)72-32-20-24-47(72)54(81-13)41(9)55(74)68-46(59-64-31-34-82-59)35-43-21-16-15-17-22-43)71(11)60(78)51(38(4)5)69-58(77)52(39(6)7)70(10)33-29-42-25-27-44(28-26-42)66-56(75)45(23-18-19-30-65-61(63)79)67-57(76)50(62)37(2)3/h15-17,21-22,25-28,31,34,37-41,45-48,50-54H,14,18-20,23-24,29-30,32-33,35-36,62H2,1-13H3,(H,66,75)(H,67,76)(H,68,74)(H,69,77)(H3,63,65,79)/t40-,41+,45-,46-,47-,48+,50-,51-,52-,53-,54+/m0/s1. The van der Waals surface area contributed by atoms with Crippen LogP contribution in [0.4, 0.5) is 10.5 Å². The molecule has 82 heavy (non-hydrogen) atoms. The summed E-state index contributed by atoms with van der Waals surface area (Å²) in [5, 5.41) is 17.3. The Kier molecular flexibility index (Phi) is 28.4. The molecule has 21 heteroatoms. The van der Waals surface area contributed by atoms with Crippen LogP contribution in [0, 0.1) is 29.6 Å². The van der Waals surface area contributed by atoms with Crippen LogP contribution in [-0.4, -0.2) is 158 Å². The van der Waals surface area contributed by atoms with Crippen LogP contribution in [0.25, 0.3) is 0 Å². The number of thiazole rings is 1. The van der Waals surface area contributed by atoms with Crippen molar-refractivity contribution in [1.82, 2.24) is 41.0 Å². The highest BCUT2D eigenvalue weighted by molar-refractivity contribution is 7.09. The molecule has 0 unspecified atom stereocenters. The number of anilines is 1. The molecule has 0 bridgehead atoms. The second-order valence-electron chi connectivity index (χ2n) is 23.2. The Balaban J connectivity index is 1.41. The molecule has 11 atom stereocenters. The lowest BCUT2D eigenvalue weighted by Crippen LogP contribution is -2.60. The minimum atomic E-state index is -0.880. The zero-order valence-electron chi connectivity index (χ0n) is 50.9. The molecule has 8 amide bonds. The quantitative estimate of drug-likeness (QED) is 0.0337. The molecular formula is C61H97N11O9S. The van der Waals surface area contributed by atoms with Crippen LogP contribution >= 0.6 is 11.3 Å². The maximum atomic E-state index is 14.8. The van der Waals surface area contributed by atoms with Gasteiger partial charge >= 0.3 is 6.03 Å². The first-order valence-electron chi connectivity index (χ1n) is 29.3. The molecule has 0 saturated carbocycles. The Hall–Kier alpha value is -6.00. The summed E-state index contributed by atoms with van der Waals surface area (Å²) in [5.41, 5.74) is 13.8. The number of carbonyl (C=O) groups is 7. The molecule has 4 rings (SSSR count). The Labute approximate surface area is 491 Å². The van der Waals surface area contributed by atoms with E-state index >= 15 is 0 Å². The number of hydrogen-bond donors (Lipinski definition) is 7. The van der Waals surface area contributed by atoms with Crippen LogP contribution in [0.15, 0.2) is 66.2 Å². The van der Waals surface area contributed by atoms with E-state index in [0.717, 1.165) is 22.6 Å². The van der Waals surface area contributed by atoms with E-state index in [-0.39, 0.29) is 65.8 Å². The number of nitrogens with one attached hydrogen (secondary N) is 5. The summed E-state index contributed by atoms with van der Waals surface area (Å²) in [6.07, 6.45) is 5.11. The van der Waals surface area contributed by atoms with E-state index < -0.39 is 66.2 Å². The number of carbonyl (C=O) groups excluding carboxylic acids is 7. The number of nitrogens with zero attached hydrogens (tertiary/aromatic N) is 4. The lowest BCUT2D eigenvalue weighted by Gasteiger charge is -2.41. The van der Waals surface area contributed by atoms with E-state index in [0.29, 0.717) is 70.3 Å². The van der Waals surface area contributed by atoms with Gasteiger partial charge in [0.1, 0.15) is 17.1 Å². The van der Waals surface area contributed by atoms with Gasteiger partial charge in [0.15, 0.2) is 0 Å². The molecule has 456 valence electrons. The lowest BCUT2D eigenvalue weighted by atomic mass is 9.89. The van der Waals surface area contributed by atoms with Gasteiger partial charge in [-0.25, -0.2) is 9.78 Å². The fourth-order valence-electron chi connectivity index (χ4n) is 11.0. The van der Waals surface area contributed by atoms with Crippen molar-refractivity contribution in [2.45, 2.75) is 175 Å². The van der Waals surface area contributed by atoms with Crippen molar-refractivity contribution >= 4 is 58.5 Å². The number of amides is 8. The molecule has 2 heterocycles. The van der Waals surface area contributed by atoms with Crippen LogP contribution in [0.1, 0.15) is 129 Å². The number of aromatic nitrogens is 1. The molecule has 1 aromatic heterocycles. The van der Waals surface area contributed by atoms with E-state index in [9.17, 15) is 33.6 Å². The van der Waals surface area contributed by atoms with Crippen LogP contribution in [0.2, 0.25) is 0 Å². The van der Waals surface area contributed by atoms with Gasteiger partial charge in [-0.1, -0.05) is 111 Å². The normalized spacial score (nSPS) is 17.2. The molecule has 1 saturated heterocycles. The van der Waals surface area contributed by atoms with Gasteiger partial charge in [-0.05, 0) is 98.9 Å². The average molecular weight is 1160 g/mol. The van der Waals surface area contributed by atoms with Crippen molar-refractivity contribution in [3.8, 4) is 0 Å². The third-order valence-electron chi connectivity index (χ3n) is 16.1. The Morgan fingerprint density at radius 3 is 2.06 bits per heavy atom. The molecule has 0 aliphatic carbocycles. The van der Waals surface area contributed by atoms with Crippen molar-refractivity contribution in [2.75, 3.05) is 53.3 Å². The molecule has 20 nitrogen and oxygen atoms in total. The molecule has 9 N–H and O–H groups in total. The van der Waals surface area contributed by atoms with Crippen LogP contribution in [0.3, 0.4) is 0 Å². The fraction of sp³-hybridized carbons (Fsp3) is 0.639. The van der Waals surface area contributed by atoms with Crippen molar-refractivity contribution < 1.29 is 43.0 Å². The average Bonchev–Trinajstić information content (AvgIpc) is 4.25. The van der Waals surface area contributed by atoms with E-state index in [2.05, 4.69) is 31.6 Å². The van der Waals surface area contributed by atoms with Gasteiger partial charge in [0.25, 0.3) is 0 Å². The summed E-state index contributed by atoms with van der Waals surface area (Å²) in [7, 11) is 6.76. The van der Waals surface area contributed by atoms with E-state index in [4.69, 9.17) is 20.9 Å². The van der Waals surface area contributed by atoms with Gasteiger partial charge in [0.05, 0.1) is 54.8 Å². The zero-order chi connectivity index (χ0) is 60.8. The highest BCUT2D eigenvalue weighted by Gasteiger charge is 2.44. The number of hydrogen-bond acceptors (Lipinski definition) is 13. The lowest BCUT2D eigenvalue weighted by molar-refractivity contribution is -0.148. The first kappa shape index (κ1) is 68.5. The monoisotopic (exact) mass is 1160 g/mol. The predicted molar refractivity (Wildman–Crippen MR) is 322 cm³/mol. The third kappa shape index (κ3) is 20.1. The summed E-state index contributed by atoms with van der Waals surface area (Å²) in [6, 6.07) is 12.4. The van der Waals surface area contributed by atoms with Gasteiger partial charge in [0.2, 0.25) is 35.4 Å². The summed E-state index contributed by atoms with van der Waals surface area (Å²) in [4.78, 5) is 105. The van der Waals surface area contributed by atoms with Gasteiger partial charge < -0.3 is 57.3 Å². The zero-order valence-corrected chi connectivity index (χ0v) is 51.8. The first-order chi connectivity index (χ1) is 38.9. The topological polar surface area (TPSA) is 273 Å². The van der Waals surface area contributed by atoms with Crippen LogP contribution < -0.4 is 38.1 Å². The SMILES string of the molecule is CC[C@H](C)[C@@H]([C@@H](CC(=O)N1CCC[C@H]1[C@H](OC)[C@@H](C)C(=O)N[C@@H](Cc1ccccc1)c1nccs1)OC)N(C)C(=O)[C@@H](NC(=O)[C@H](C(C)C)N(C)CCc1ccc(NC(=O)[C@H](CCCCNC(N)=O)NC(=O)[C@@H](N)C(C)C)cc1)C(C)C. The fourth-order valence-corrected chi connectivity index (χ4v) is 11.7. The van der Waals surface area contributed by atoms with Gasteiger partial charge in [-0.3, -0.25) is 33.7 Å². The van der Waals surface area contributed by atoms with Gasteiger partial charge in [-0.15, -0.1) is 11.3 Å². The third-order valence-corrected chi connectivity index (χ3v) is 16.9. The van der Waals surface area contributed by atoms with Crippen molar-refractivity contribution in [3.63, 3.8) is 0 Å². The van der Waals surface area contributed by atoms with Crippen molar-refractivity contribution in [1.29, 1.82) is 0 Å². The second kappa shape index (κ2) is 33.9. The molecule has 0 spiro atoms. The molecule has 1 aliphatic heterocycles. The number of methoxy groups -OCH3 is 2. The number of urea groups is 1. The summed E-state index contributed by atoms with van der Waals surface area (Å²) in [5.74, 6) is -2.94. The summed E-state index contributed by atoms with van der Waals surface area (Å²) in [6.45, 7) is 18.7. The minimum Gasteiger partial charge on any atom is -0.379 e. The molecule has 0 radical (unpaired) electrons. The molecule has 3 aromatic rings. The van der Waals surface area contributed by atoms with Crippen molar-refractivity contribution in [2.24, 2.45) is 41.1 Å². The smallest absolute Gasteiger partial charge is 0.312 e. The number of unbranched alkanes of at least 4 members (excludes halogenated alkanes) is 1. The van der Waals surface area contributed by atoms with Crippen LogP contribution in [0.5, 0.6) is 0 Å². The Morgan fingerprint density at radius 1 is 0.805 bits per heavy atom. The highest BCUT2D eigenvalue weighted by Crippen LogP contribution is 2.31. The Morgan fingerprint density at radius 2 is 1.49 bits per heavy atom. The summed E-state index contributed by atoms with van der Waals surface area (Å²) >= 11 is 1.49. The number of primary amides is 1. The molecular weight excluding hydrogens is 1060 g/mol.